The largest absolute Gasteiger partial charge is 0.465 e. The first-order chi connectivity index (χ1) is 13.7. The van der Waals surface area contributed by atoms with Gasteiger partial charge >= 0.3 is 6.09 Å². The number of anilines is 1. The predicted octanol–water partition coefficient (Wildman–Crippen LogP) is 1.89. The Morgan fingerprint density at radius 3 is 2.34 bits per heavy atom. The van der Waals surface area contributed by atoms with E-state index in [0.717, 1.165) is 11.1 Å². The van der Waals surface area contributed by atoms with E-state index in [2.05, 4.69) is 15.4 Å². The number of carbonyl (C=O) groups excluding carboxylic acids is 1. The third kappa shape index (κ3) is 8.30. The van der Waals surface area contributed by atoms with E-state index in [-0.39, 0.29) is 13.0 Å². The summed E-state index contributed by atoms with van der Waals surface area (Å²) in [6.45, 7) is 0.110. The number of rotatable bonds is 10. The second-order valence-corrected chi connectivity index (χ2v) is 7.75. The van der Waals surface area contributed by atoms with Gasteiger partial charge in [-0.2, -0.15) is 8.42 Å². The molecule has 1 atom stereocenters. The van der Waals surface area contributed by atoms with Crippen molar-refractivity contribution in [2.45, 2.75) is 25.3 Å². The van der Waals surface area contributed by atoms with Crippen LogP contribution in [0.1, 0.15) is 19.3 Å². The number of carboxylic acid groups (broad SMARTS) is 1. The highest BCUT2D eigenvalue weighted by atomic mass is 32.2. The highest BCUT2D eigenvalue weighted by Crippen LogP contribution is 2.22. The number of unbranched alkanes of at least 4 members (excludes halogenated alkanes) is 1. The number of hydrogen-bond acceptors (Lipinski definition) is 4. The molecule has 0 saturated heterocycles. The van der Waals surface area contributed by atoms with Crippen molar-refractivity contribution in [2.24, 2.45) is 5.14 Å². The van der Waals surface area contributed by atoms with Gasteiger partial charge in [-0.25, -0.2) is 14.7 Å². The lowest BCUT2D eigenvalue weighted by atomic mass is 10.0. The zero-order valence-corrected chi connectivity index (χ0v) is 16.5. The summed E-state index contributed by atoms with van der Waals surface area (Å²) in [5.41, 5.74) is 2.45. The first-order valence-electron chi connectivity index (χ1n) is 8.98. The molecule has 2 aromatic rings. The van der Waals surface area contributed by atoms with Crippen LogP contribution in [0.5, 0.6) is 0 Å². The third-order valence-electron chi connectivity index (χ3n) is 4.07. The van der Waals surface area contributed by atoms with E-state index in [1.165, 1.54) is 0 Å². The Balaban J connectivity index is 1.97. The zero-order valence-electron chi connectivity index (χ0n) is 15.7. The SMILES string of the molecule is NS(=O)(=O)NCCCCC(NC(=O)O)C(=O)Nc1cccc(-c2ccccc2)c1. The van der Waals surface area contributed by atoms with Crippen LogP contribution in [0.4, 0.5) is 10.5 Å². The van der Waals surface area contributed by atoms with Gasteiger partial charge < -0.3 is 15.7 Å². The monoisotopic (exact) mass is 420 g/mol. The van der Waals surface area contributed by atoms with Crippen LogP contribution in [0, 0.1) is 0 Å². The summed E-state index contributed by atoms with van der Waals surface area (Å²) in [6.07, 6.45) is -0.274. The van der Waals surface area contributed by atoms with E-state index < -0.39 is 28.3 Å². The van der Waals surface area contributed by atoms with Crippen molar-refractivity contribution in [3.05, 3.63) is 54.6 Å². The Morgan fingerprint density at radius 2 is 1.69 bits per heavy atom. The van der Waals surface area contributed by atoms with Crippen molar-refractivity contribution in [1.29, 1.82) is 0 Å². The highest BCUT2D eigenvalue weighted by Gasteiger charge is 2.20. The summed E-state index contributed by atoms with van der Waals surface area (Å²) in [5.74, 6) is -0.489. The standard InChI is InChI=1S/C19H24N4O5S/c20-29(27,28)21-12-5-4-11-17(23-19(25)26)18(24)22-16-10-6-9-15(13-16)14-7-2-1-3-8-14/h1-3,6-10,13,17,21,23H,4-5,11-12H2,(H,22,24)(H,25,26)(H2,20,27,28). The van der Waals surface area contributed by atoms with E-state index in [9.17, 15) is 18.0 Å². The van der Waals surface area contributed by atoms with Crippen LogP contribution in [0.25, 0.3) is 11.1 Å². The fourth-order valence-corrected chi connectivity index (χ4v) is 3.17. The Kier molecular flexibility index (Phi) is 8.13. The zero-order chi connectivity index (χ0) is 21.3. The number of benzene rings is 2. The molecular formula is C19H24N4O5S. The highest BCUT2D eigenvalue weighted by molar-refractivity contribution is 7.87. The average molecular weight is 420 g/mol. The van der Waals surface area contributed by atoms with Crippen LogP contribution in [0.2, 0.25) is 0 Å². The second kappa shape index (κ2) is 10.6. The normalized spacial score (nSPS) is 12.2. The van der Waals surface area contributed by atoms with Crippen LogP contribution in [0.3, 0.4) is 0 Å². The Labute approximate surface area is 169 Å². The molecule has 2 rings (SSSR count). The van der Waals surface area contributed by atoms with E-state index in [4.69, 9.17) is 10.2 Å². The predicted molar refractivity (Wildman–Crippen MR) is 110 cm³/mol. The molecule has 0 spiro atoms. The van der Waals surface area contributed by atoms with Crippen molar-refractivity contribution >= 4 is 27.9 Å². The summed E-state index contributed by atoms with van der Waals surface area (Å²) >= 11 is 0. The fraction of sp³-hybridized carbons (Fsp3) is 0.263. The minimum atomic E-state index is -3.77. The maximum Gasteiger partial charge on any atom is 0.405 e. The minimum Gasteiger partial charge on any atom is -0.465 e. The topological polar surface area (TPSA) is 151 Å². The molecule has 0 aliphatic rings. The molecule has 0 aliphatic carbocycles. The van der Waals surface area contributed by atoms with Gasteiger partial charge in [-0.1, -0.05) is 42.5 Å². The molecular weight excluding hydrogens is 396 g/mol. The molecule has 0 aliphatic heterocycles. The lowest BCUT2D eigenvalue weighted by Gasteiger charge is -2.17. The van der Waals surface area contributed by atoms with Crippen molar-refractivity contribution in [3.63, 3.8) is 0 Å². The van der Waals surface area contributed by atoms with Gasteiger partial charge in [0.05, 0.1) is 0 Å². The molecule has 2 amide bonds. The molecule has 0 fully saturated rings. The molecule has 9 nitrogen and oxygen atoms in total. The molecule has 0 saturated carbocycles. The van der Waals surface area contributed by atoms with Gasteiger partial charge in [-0.05, 0) is 42.5 Å². The molecule has 0 aromatic heterocycles. The first kappa shape index (κ1) is 22.3. The quantitative estimate of drug-likeness (QED) is 0.372. The number of nitrogens with one attached hydrogen (secondary N) is 3. The molecule has 10 heteroatoms. The molecule has 0 radical (unpaired) electrons. The van der Waals surface area contributed by atoms with Crippen LogP contribution in [-0.2, 0) is 15.0 Å². The molecule has 2 aromatic carbocycles. The minimum absolute atomic E-state index is 0.110. The Hall–Kier alpha value is -2.95. The maximum absolute atomic E-state index is 12.6. The summed E-state index contributed by atoms with van der Waals surface area (Å²) in [4.78, 5) is 23.6. The smallest absolute Gasteiger partial charge is 0.405 e. The lowest BCUT2D eigenvalue weighted by molar-refractivity contribution is -0.118. The van der Waals surface area contributed by atoms with E-state index in [1.807, 2.05) is 36.4 Å². The molecule has 29 heavy (non-hydrogen) atoms. The van der Waals surface area contributed by atoms with Crippen LogP contribution in [0.15, 0.2) is 54.6 Å². The lowest BCUT2D eigenvalue weighted by Crippen LogP contribution is -2.43. The van der Waals surface area contributed by atoms with Gasteiger partial charge in [0.2, 0.25) is 5.91 Å². The van der Waals surface area contributed by atoms with Gasteiger partial charge in [0, 0.05) is 12.2 Å². The Bertz CT molecular complexity index is 935. The summed E-state index contributed by atoms with van der Waals surface area (Å²) in [5, 5.41) is 18.8. The summed E-state index contributed by atoms with van der Waals surface area (Å²) in [6, 6.07) is 15.9. The van der Waals surface area contributed by atoms with Gasteiger partial charge in [0.25, 0.3) is 10.2 Å². The van der Waals surface area contributed by atoms with E-state index >= 15 is 0 Å². The molecule has 0 heterocycles. The second-order valence-electron chi connectivity index (χ2n) is 6.37. The van der Waals surface area contributed by atoms with Crippen molar-refractivity contribution in [3.8, 4) is 11.1 Å². The van der Waals surface area contributed by atoms with Gasteiger partial charge in [0.1, 0.15) is 6.04 Å². The average Bonchev–Trinajstić information content (AvgIpc) is 2.66. The van der Waals surface area contributed by atoms with Crippen molar-refractivity contribution in [2.75, 3.05) is 11.9 Å². The maximum atomic E-state index is 12.6. The molecule has 156 valence electrons. The number of nitrogens with two attached hydrogens (primary N) is 1. The van der Waals surface area contributed by atoms with Crippen molar-refractivity contribution < 1.29 is 23.1 Å². The molecule has 6 N–H and O–H groups in total. The van der Waals surface area contributed by atoms with E-state index in [1.54, 1.807) is 18.2 Å². The molecule has 0 bridgehead atoms. The summed E-state index contributed by atoms with van der Waals surface area (Å²) in [7, 11) is -3.77. The van der Waals surface area contributed by atoms with Gasteiger partial charge in [-0.3, -0.25) is 4.79 Å². The van der Waals surface area contributed by atoms with E-state index in [0.29, 0.717) is 18.5 Å². The molecule has 1 unspecified atom stereocenters. The number of hydrogen-bond donors (Lipinski definition) is 5. The van der Waals surface area contributed by atoms with Crippen LogP contribution < -0.4 is 20.5 Å². The van der Waals surface area contributed by atoms with Crippen molar-refractivity contribution in [1.82, 2.24) is 10.0 Å². The third-order valence-corrected chi connectivity index (χ3v) is 4.68. The van der Waals surface area contributed by atoms with Gasteiger partial charge in [-0.15, -0.1) is 0 Å². The van der Waals surface area contributed by atoms with Crippen LogP contribution in [-0.4, -0.2) is 38.1 Å². The summed E-state index contributed by atoms with van der Waals surface area (Å²) < 4.78 is 23.8. The van der Waals surface area contributed by atoms with Crippen LogP contribution >= 0.6 is 0 Å². The number of carbonyl (C=O) groups is 2. The first-order valence-corrected chi connectivity index (χ1v) is 10.5. The number of amides is 2. The Morgan fingerprint density at radius 1 is 1.00 bits per heavy atom. The fourth-order valence-electron chi connectivity index (χ4n) is 2.74. The van der Waals surface area contributed by atoms with Gasteiger partial charge in [0.15, 0.2) is 0 Å².